The first-order chi connectivity index (χ1) is 10.3. The van der Waals surface area contributed by atoms with E-state index in [1.807, 2.05) is 4.90 Å². The van der Waals surface area contributed by atoms with Crippen LogP contribution in [-0.4, -0.2) is 46.1 Å². The molecule has 7 heteroatoms. The number of hydrogen-bond donors (Lipinski definition) is 1. The Morgan fingerprint density at radius 2 is 2.24 bits per heavy atom. The zero-order chi connectivity index (χ0) is 14.2. The molecule has 1 aromatic rings. The topological polar surface area (TPSA) is 67.4 Å². The molecule has 1 aliphatic carbocycles. The highest BCUT2D eigenvalue weighted by molar-refractivity contribution is 7.09. The number of fused-ring (bicyclic) bond motifs is 1. The molecule has 3 fully saturated rings. The van der Waals surface area contributed by atoms with Crippen LogP contribution >= 0.6 is 11.5 Å². The van der Waals surface area contributed by atoms with Crippen molar-refractivity contribution < 1.29 is 9.53 Å². The van der Waals surface area contributed by atoms with Crippen LogP contribution in [0.4, 0.5) is 9.93 Å². The zero-order valence-electron chi connectivity index (χ0n) is 12.0. The summed E-state index contributed by atoms with van der Waals surface area (Å²) >= 11 is 1.29. The maximum atomic E-state index is 12.4. The van der Waals surface area contributed by atoms with E-state index in [4.69, 9.17) is 4.74 Å². The highest BCUT2D eigenvalue weighted by atomic mass is 32.1. The second-order valence-electron chi connectivity index (χ2n) is 6.21. The van der Waals surface area contributed by atoms with Crippen LogP contribution in [0.25, 0.3) is 0 Å². The van der Waals surface area contributed by atoms with Crippen LogP contribution in [-0.2, 0) is 4.74 Å². The highest BCUT2D eigenvalue weighted by Gasteiger charge is 2.34. The molecular formula is C14H20N4O2S. The Morgan fingerprint density at radius 1 is 1.33 bits per heavy atom. The monoisotopic (exact) mass is 308 g/mol. The number of hydrogen-bond acceptors (Lipinski definition) is 5. The Labute approximate surface area is 128 Å². The minimum absolute atomic E-state index is 0.0407. The van der Waals surface area contributed by atoms with Gasteiger partial charge < -0.3 is 9.64 Å². The van der Waals surface area contributed by atoms with E-state index in [1.54, 1.807) is 0 Å². The summed E-state index contributed by atoms with van der Waals surface area (Å²) in [4.78, 5) is 18.8. The van der Waals surface area contributed by atoms with Crippen molar-refractivity contribution in [3.8, 4) is 0 Å². The summed E-state index contributed by atoms with van der Waals surface area (Å²) in [6.45, 7) is 2.44. The van der Waals surface area contributed by atoms with Crippen LogP contribution < -0.4 is 5.32 Å². The fourth-order valence-corrected chi connectivity index (χ4v) is 3.86. The van der Waals surface area contributed by atoms with Gasteiger partial charge in [0, 0.05) is 43.1 Å². The van der Waals surface area contributed by atoms with Gasteiger partial charge >= 0.3 is 6.03 Å². The van der Waals surface area contributed by atoms with E-state index in [1.165, 1.54) is 24.4 Å². The van der Waals surface area contributed by atoms with Gasteiger partial charge in [0.2, 0.25) is 5.13 Å². The Bertz CT molecular complexity index is 531. The third-order valence-electron chi connectivity index (χ3n) is 4.60. The van der Waals surface area contributed by atoms with Crippen LogP contribution in [0.5, 0.6) is 0 Å². The van der Waals surface area contributed by atoms with Crippen molar-refractivity contribution >= 4 is 22.7 Å². The number of carbonyl (C=O) groups is 1. The third kappa shape index (κ3) is 2.89. The molecule has 2 saturated heterocycles. The standard InChI is InChI=1S/C14H20N4O2S/c19-14(16-13-15-12(17-21-13)9-3-4-9)18-6-1-2-11-10(8-18)5-7-20-11/h9-11H,1-8H2,(H,15,16,17,19)/t10-,11+/m1/s1. The lowest BCUT2D eigenvalue weighted by molar-refractivity contribution is 0.0860. The number of ether oxygens (including phenoxy) is 1. The SMILES string of the molecule is O=C(Nc1nc(C2CC2)ns1)N1CCC[C@@H]2OCC[C@@H]2C1. The van der Waals surface area contributed by atoms with E-state index in [0.29, 0.717) is 23.1 Å². The molecule has 114 valence electrons. The van der Waals surface area contributed by atoms with Crippen LogP contribution in [0.15, 0.2) is 0 Å². The fraction of sp³-hybridized carbons (Fsp3) is 0.786. The Kier molecular flexibility index (Phi) is 3.54. The number of anilines is 1. The van der Waals surface area contributed by atoms with E-state index in [9.17, 15) is 4.79 Å². The van der Waals surface area contributed by atoms with E-state index < -0.39 is 0 Å². The molecule has 1 N–H and O–H groups in total. The number of urea groups is 1. The van der Waals surface area contributed by atoms with Gasteiger partial charge in [0.25, 0.3) is 0 Å². The zero-order valence-corrected chi connectivity index (χ0v) is 12.8. The lowest BCUT2D eigenvalue weighted by atomic mass is 9.99. The average molecular weight is 308 g/mol. The van der Waals surface area contributed by atoms with Crippen molar-refractivity contribution in [1.82, 2.24) is 14.3 Å². The van der Waals surface area contributed by atoms with Crippen molar-refractivity contribution in [2.75, 3.05) is 25.0 Å². The first kappa shape index (κ1) is 13.5. The molecule has 2 amide bonds. The predicted molar refractivity (Wildman–Crippen MR) is 79.6 cm³/mol. The van der Waals surface area contributed by atoms with E-state index in [0.717, 1.165) is 44.8 Å². The average Bonchev–Trinajstić information content (AvgIpc) is 3.15. The van der Waals surface area contributed by atoms with Gasteiger partial charge in [-0.15, -0.1) is 0 Å². The summed E-state index contributed by atoms with van der Waals surface area (Å²) in [5, 5.41) is 3.54. The Hall–Kier alpha value is -1.21. The molecule has 0 radical (unpaired) electrons. The van der Waals surface area contributed by atoms with Gasteiger partial charge in [-0.1, -0.05) is 0 Å². The van der Waals surface area contributed by atoms with Gasteiger partial charge in [-0.2, -0.15) is 4.37 Å². The number of nitrogens with one attached hydrogen (secondary N) is 1. The maximum Gasteiger partial charge on any atom is 0.323 e. The predicted octanol–water partition coefficient (Wildman–Crippen LogP) is 2.45. The summed E-state index contributed by atoms with van der Waals surface area (Å²) in [5.74, 6) is 1.92. The number of carbonyl (C=O) groups excluding carboxylic acids is 1. The first-order valence-electron chi connectivity index (χ1n) is 7.81. The van der Waals surface area contributed by atoms with Crippen LogP contribution in [0.3, 0.4) is 0 Å². The molecule has 1 saturated carbocycles. The molecular weight excluding hydrogens is 288 g/mol. The fourth-order valence-electron chi connectivity index (χ4n) is 3.23. The normalized spacial score (nSPS) is 29.0. The molecule has 3 heterocycles. The second kappa shape index (κ2) is 5.53. The Morgan fingerprint density at radius 3 is 3.10 bits per heavy atom. The molecule has 6 nitrogen and oxygen atoms in total. The van der Waals surface area contributed by atoms with Crippen molar-refractivity contribution in [3.63, 3.8) is 0 Å². The molecule has 21 heavy (non-hydrogen) atoms. The van der Waals surface area contributed by atoms with Crippen molar-refractivity contribution in [2.24, 2.45) is 5.92 Å². The van der Waals surface area contributed by atoms with Crippen molar-refractivity contribution in [3.05, 3.63) is 5.82 Å². The number of nitrogens with zero attached hydrogens (tertiary/aromatic N) is 3. The number of likely N-dealkylation sites (tertiary alicyclic amines) is 1. The molecule has 2 aliphatic heterocycles. The maximum absolute atomic E-state index is 12.4. The minimum atomic E-state index is -0.0407. The number of aromatic nitrogens is 2. The minimum Gasteiger partial charge on any atom is -0.378 e. The van der Waals surface area contributed by atoms with Gasteiger partial charge in [0.05, 0.1) is 6.10 Å². The highest BCUT2D eigenvalue weighted by Crippen LogP contribution is 2.39. The van der Waals surface area contributed by atoms with Crippen molar-refractivity contribution in [2.45, 2.75) is 44.1 Å². The van der Waals surface area contributed by atoms with Crippen molar-refractivity contribution in [1.29, 1.82) is 0 Å². The molecule has 2 atom stereocenters. The van der Waals surface area contributed by atoms with E-state index in [2.05, 4.69) is 14.7 Å². The summed E-state index contributed by atoms with van der Waals surface area (Å²) < 4.78 is 10.1. The second-order valence-corrected chi connectivity index (χ2v) is 6.96. The van der Waals surface area contributed by atoms with Crippen LogP contribution in [0.2, 0.25) is 0 Å². The third-order valence-corrected chi connectivity index (χ3v) is 5.25. The first-order valence-corrected chi connectivity index (χ1v) is 8.58. The van der Waals surface area contributed by atoms with Crippen LogP contribution in [0.1, 0.15) is 43.8 Å². The van der Waals surface area contributed by atoms with Gasteiger partial charge in [0.15, 0.2) is 0 Å². The smallest absolute Gasteiger partial charge is 0.323 e. The quantitative estimate of drug-likeness (QED) is 0.911. The van der Waals surface area contributed by atoms with E-state index in [-0.39, 0.29) is 6.03 Å². The summed E-state index contributed by atoms with van der Waals surface area (Å²) in [6.07, 6.45) is 5.86. The van der Waals surface area contributed by atoms with Gasteiger partial charge in [-0.25, -0.2) is 9.78 Å². The largest absolute Gasteiger partial charge is 0.378 e. The molecule has 0 unspecified atom stereocenters. The number of rotatable bonds is 2. The molecule has 3 aliphatic rings. The molecule has 0 bridgehead atoms. The number of amides is 2. The van der Waals surface area contributed by atoms with E-state index >= 15 is 0 Å². The molecule has 0 aromatic carbocycles. The summed E-state index contributed by atoms with van der Waals surface area (Å²) in [5.41, 5.74) is 0. The van der Waals surface area contributed by atoms with Gasteiger partial charge in [-0.3, -0.25) is 5.32 Å². The summed E-state index contributed by atoms with van der Waals surface area (Å²) in [7, 11) is 0. The molecule has 1 aromatic heterocycles. The lowest BCUT2D eigenvalue weighted by Gasteiger charge is -2.23. The molecule has 4 rings (SSSR count). The lowest BCUT2D eigenvalue weighted by Crippen LogP contribution is -2.38. The van der Waals surface area contributed by atoms with Gasteiger partial charge in [0.1, 0.15) is 5.82 Å². The molecule has 0 spiro atoms. The van der Waals surface area contributed by atoms with Gasteiger partial charge in [-0.05, 0) is 32.1 Å². The summed E-state index contributed by atoms with van der Waals surface area (Å²) in [6, 6.07) is -0.0407. The van der Waals surface area contributed by atoms with Crippen LogP contribution in [0, 0.1) is 5.92 Å². The Balaban J connectivity index is 1.38.